The Morgan fingerprint density at radius 1 is 1.33 bits per heavy atom. The average Bonchev–Trinajstić information content (AvgIpc) is 2.52. The zero-order chi connectivity index (χ0) is 15.2. The summed E-state index contributed by atoms with van der Waals surface area (Å²) in [4.78, 5) is 14.2. The molecule has 1 heterocycles. The van der Waals surface area contributed by atoms with E-state index in [0.717, 1.165) is 26.1 Å². The number of nitrogens with zero attached hydrogens (tertiary/aromatic N) is 1. The summed E-state index contributed by atoms with van der Waals surface area (Å²) in [5, 5.41) is 3.58. The van der Waals surface area contributed by atoms with Crippen LogP contribution in [-0.4, -0.2) is 43.2 Å². The van der Waals surface area contributed by atoms with Crippen LogP contribution in [0.2, 0.25) is 0 Å². The highest BCUT2D eigenvalue weighted by molar-refractivity contribution is 5.72. The van der Waals surface area contributed by atoms with Crippen molar-refractivity contribution in [3.8, 4) is 0 Å². The molecule has 4 nitrogen and oxygen atoms in total. The van der Waals surface area contributed by atoms with Crippen LogP contribution >= 0.6 is 0 Å². The summed E-state index contributed by atoms with van der Waals surface area (Å²) < 4.78 is 4.94. The standard InChI is InChI=1S/C17H26N2O2/c1-13(2)19-11-15(17(20)21-3)9-16(12-19)18-10-14-7-5-4-6-8-14/h4-8,13,15-16,18H,9-12H2,1-3H3. The van der Waals surface area contributed by atoms with E-state index in [2.05, 4.69) is 48.3 Å². The van der Waals surface area contributed by atoms with Gasteiger partial charge in [0, 0.05) is 31.7 Å². The van der Waals surface area contributed by atoms with Gasteiger partial charge in [-0.15, -0.1) is 0 Å². The van der Waals surface area contributed by atoms with Crippen molar-refractivity contribution in [2.45, 2.75) is 38.9 Å². The van der Waals surface area contributed by atoms with Gasteiger partial charge in [-0.05, 0) is 25.8 Å². The van der Waals surface area contributed by atoms with Crippen LogP contribution in [0.25, 0.3) is 0 Å². The van der Waals surface area contributed by atoms with Crippen LogP contribution in [0.5, 0.6) is 0 Å². The number of methoxy groups -OCH3 is 1. The number of piperidine rings is 1. The largest absolute Gasteiger partial charge is 0.469 e. The minimum atomic E-state index is -0.0909. The van der Waals surface area contributed by atoms with E-state index in [-0.39, 0.29) is 11.9 Å². The van der Waals surface area contributed by atoms with Gasteiger partial charge in [0.2, 0.25) is 0 Å². The molecule has 1 fully saturated rings. The van der Waals surface area contributed by atoms with Crippen LogP contribution in [0, 0.1) is 5.92 Å². The van der Waals surface area contributed by atoms with Gasteiger partial charge in [-0.2, -0.15) is 0 Å². The first-order valence-electron chi connectivity index (χ1n) is 7.69. The summed E-state index contributed by atoms with van der Waals surface area (Å²) in [5.74, 6) is -0.119. The third kappa shape index (κ3) is 4.55. The zero-order valence-corrected chi connectivity index (χ0v) is 13.2. The van der Waals surface area contributed by atoms with Crippen LogP contribution in [-0.2, 0) is 16.1 Å². The molecule has 1 saturated heterocycles. The summed E-state index contributed by atoms with van der Waals surface area (Å²) in [6, 6.07) is 11.1. The van der Waals surface area contributed by atoms with E-state index >= 15 is 0 Å². The number of carbonyl (C=O) groups excluding carboxylic acids is 1. The highest BCUT2D eigenvalue weighted by Crippen LogP contribution is 2.20. The van der Waals surface area contributed by atoms with Crippen LogP contribution < -0.4 is 5.32 Å². The minimum Gasteiger partial charge on any atom is -0.469 e. The van der Waals surface area contributed by atoms with Gasteiger partial charge >= 0.3 is 5.97 Å². The molecule has 0 aromatic heterocycles. The predicted molar refractivity (Wildman–Crippen MR) is 83.9 cm³/mol. The fourth-order valence-electron chi connectivity index (χ4n) is 2.90. The zero-order valence-electron chi connectivity index (χ0n) is 13.2. The number of ether oxygens (including phenoxy) is 1. The molecule has 1 N–H and O–H groups in total. The van der Waals surface area contributed by atoms with Crippen molar-refractivity contribution in [3.05, 3.63) is 35.9 Å². The Hall–Kier alpha value is -1.39. The van der Waals surface area contributed by atoms with Crippen molar-refractivity contribution in [2.24, 2.45) is 5.92 Å². The van der Waals surface area contributed by atoms with Crippen LogP contribution in [0.4, 0.5) is 0 Å². The molecule has 0 saturated carbocycles. The van der Waals surface area contributed by atoms with Crippen molar-refractivity contribution >= 4 is 5.97 Å². The molecule has 0 amide bonds. The molecule has 0 bridgehead atoms. The quantitative estimate of drug-likeness (QED) is 0.843. The Kier molecular flexibility index (Phi) is 5.76. The maximum atomic E-state index is 11.9. The van der Waals surface area contributed by atoms with Crippen LogP contribution in [0.1, 0.15) is 25.8 Å². The van der Waals surface area contributed by atoms with E-state index in [9.17, 15) is 4.79 Å². The molecule has 4 heteroatoms. The fourth-order valence-corrected chi connectivity index (χ4v) is 2.90. The van der Waals surface area contributed by atoms with Crippen LogP contribution in [0.3, 0.4) is 0 Å². The van der Waals surface area contributed by atoms with Gasteiger partial charge in [-0.1, -0.05) is 30.3 Å². The van der Waals surface area contributed by atoms with Gasteiger partial charge in [-0.3, -0.25) is 9.69 Å². The second kappa shape index (κ2) is 7.57. The summed E-state index contributed by atoms with van der Waals surface area (Å²) in [6.45, 7) is 6.97. The van der Waals surface area contributed by atoms with Gasteiger partial charge in [0.05, 0.1) is 13.0 Å². The van der Waals surface area contributed by atoms with E-state index in [1.54, 1.807) is 0 Å². The Bertz CT molecular complexity index is 447. The third-order valence-electron chi connectivity index (χ3n) is 4.18. The lowest BCUT2D eigenvalue weighted by Crippen LogP contribution is -2.53. The molecule has 1 aliphatic rings. The smallest absolute Gasteiger partial charge is 0.310 e. The number of hydrogen-bond acceptors (Lipinski definition) is 4. The molecule has 0 spiro atoms. The number of nitrogens with one attached hydrogen (secondary N) is 1. The van der Waals surface area contributed by atoms with Gasteiger partial charge in [0.15, 0.2) is 0 Å². The topological polar surface area (TPSA) is 41.6 Å². The first-order valence-corrected chi connectivity index (χ1v) is 7.69. The van der Waals surface area contributed by atoms with Crippen molar-refractivity contribution in [3.63, 3.8) is 0 Å². The van der Waals surface area contributed by atoms with E-state index in [1.807, 2.05) is 6.07 Å². The lowest BCUT2D eigenvalue weighted by atomic mass is 9.93. The minimum absolute atomic E-state index is 0.0283. The van der Waals surface area contributed by atoms with Crippen LogP contribution in [0.15, 0.2) is 30.3 Å². The molecule has 2 atom stereocenters. The van der Waals surface area contributed by atoms with Crippen molar-refractivity contribution < 1.29 is 9.53 Å². The Morgan fingerprint density at radius 3 is 2.67 bits per heavy atom. The molecular formula is C17H26N2O2. The SMILES string of the molecule is COC(=O)C1CC(NCc2ccccc2)CN(C(C)C)C1. The van der Waals surface area contributed by atoms with E-state index in [0.29, 0.717) is 12.1 Å². The molecule has 116 valence electrons. The first-order chi connectivity index (χ1) is 10.1. The third-order valence-corrected chi connectivity index (χ3v) is 4.18. The molecule has 21 heavy (non-hydrogen) atoms. The Balaban J connectivity index is 1.95. The predicted octanol–water partition coefficient (Wildman–Crippen LogP) is 2.05. The molecule has 1 aromatic carbocycles. The van der Waals surface area contributed by atoms with Crippen molar-refractivity contribution in [2.75, 3.05) is 20.2 Å². The molecule has 2 unspecified atom stereocenters. The van der Waals surface area contributed by atoms with Gasteiger partial charge in [-0.25, -0.2) is 0 Å². The summed E-state index contributed by atoms with van der Waals surface area (Å²) in [5.41, 5.74) is 1.27. The van der Waals surface area contributed by atoms with Gasteiger partial charge in [0.25, 0.3) is 0 Å². The number of likely N-dealkylation sites (tertiary alicyclic amines) is 1. The average molecular weight is 290 g/mol. The Labute approximate surface area is 127 Å². The second-order valence-corrected chi connectivity index (χ2v) is 6.07. The fraction of sp³-hybridized carbons (Fsp3) is 0.588. The number of esters is 1. The highest BCUT2D eigenvalue weighted by Gasteiger charge is 2.32. The molecule has 0 radical (unpaired) electrons. The summed E-state index contributed by atoms with van der Waals surface area (Å²) >= 11 is 0. The van der Waals surface area contributed by atoms with Crippen molar-refractivity contribution in [1.82, 2.24) is 10.2 Å². The van der Waals surface area contributed by atoms with E-state index < -0.39 is 0 Å². The molecule has 2 rings (SSSR count). The van der Waals surface area contributed by atoms with Gasteiger partial charge < -0.3 is 10.1 Å². The lowest BCUT2D eigenvalue weighted by molar-refractivity contribution is -0.148. The summed E-state index contributed by atoms with van der Waals surface area (Å²) in [6.07, 6.45) is 0.850. The monoisotopic (exact) mass is 290 g/mol. The lowest BCUT2D eigenvalue weighted by Gasteiger charge is -2.39. The highest BCUT2D eigenvalue weighted by atomic mass is 16.5. The normalized spacial score (nSPS) is 23.2. The van der Waals surface area contributed by atoms with E-state index in [4.69, 9.17) is 4.74 Å². The molecule has 0 aliphatic carbocycles. The number of hydrogen-bond donors (Lipinski definition) is 1. The maximum absolute atomic E-state index is 11.9. The molecule has 1 aromatic rings. The summed E-state index contributed by atoms with van der Waals surface area (Å²) in [7, 11) is 1.48. The molecular weight excluding hydrogens is 264 g/mol. The first kappa shape index (κ1) is 16.0. The molecule has 1 aliphatic heterocycles. The van der Waals surface area contributed by atoms with Gasteiger partial charge in [0.1, 0.15) is 0 Å². The van der Waals surface area contributed by atoms with Crippen molar-refractivity contribution in [1.29, 1.82) is 0 Å². The number of carbonyl (C=O) groups is 1. The Morgan fingerprint density at radius 2 is 2.05 bits per heavy atom. The number of benzene rings is 1. The maximum Gasteiger partial charge on any atom is 0.310 e. The second-order valence-electron chi connectivity index (χ2n) is 6.07. The number of rotatable bonds is 5. The van der Waals surface area contributed by atoms with E-state index in [1.165, 1.54) is 12.7 Å².